The SMILES string of the molecule is O=C(c1ccc(Cl)c(Cl)c1)c1ncccn1. The maximum Gasteiger partial charge on any atom is 0.230 e. The predicted molar refractivity (Wildman–Crippen MR) is 61.9 cm³/mol. The van der Waals surface area contributed by atoms with Gasteiger partial charge in [-0.25, -0.2) is 9.97 Å². The van der Waals surface area contributed by atoms with Crippen molar-refractivity contribution in [3.05, 3.63) is 58.1 Å². The van der Waals surface area contributed by atoms with Crippen molar-refractivity contribution in [2.45, 2.75) is 0 Å². The number of aromatic nitrogens is 2. The summed E-state index contributed by atoms with van der Waals surface area (Å²) in [5.74, 6) is -0.139. The van der Waals surface area contributed by atoms with Crippen molar-refractivity contribution in [3.8, 4) is 0 Å². The Morgan fingerprint density at radius 2 is 1.75 bits per heavy atom. The first-order chi connectivity index (χ1) is 7.68. The lowest BCUT2D eigenvalue weighted by Crippen LogP contribution is -2.06. The standard InChI is InChI=1S/C11H6Cl2N2O/c12-8-3-2-7(6-9(8)13)10(16)11-14-4-1-5-15-11/h1-6H. The number of nitrogens with zero attached hydrogens (tertiary/aromatic N) is 2. The lowest BCUT2D eigenvalue weighted by molar-refractivity contribution is 0.102. The largest absolute Gasteiger partial charge is 0.285 e. The molecule has 0 aliphatic rings. The molecule has 5 heteroatoms. The summed E-state index contributed by atoms with van der Waals surface area (Å²) in [5.41, 5.74) is 0.417. The van der Waals surface area contributed by atoms with E-state index in [1.54, 1.807) is 18.2 Å². The van der Waals surface area contributed by atoms with Gasteiger partial charge in [-0.1, -0.05) is 23.2 Å². The summed E-state index contributed by atoms with van der Waals surface area (Å²) >= 11 is 11.6. The molecule has 0 aliphatic carbocycles. The maximum absolute atomic E-state index is 11.9. The van der Waals surface area contributed by atoms with E-state index >= 15 is 0 Å². The van der Waals surface area contributed by atoms with Crippen LogP contribution >= 0.6 is 23.2 Å². The second kappa shape index (κ2) is 4.60. The zero-order valence-corrected chi connectivity index (χ0v) is 9.53. The first kappa shape index (κ1) is 11.0. The Bertz CT molecular complexity index is 529. The van der Waals surface area contributed by atoms with Crippen molar-refractivity contribution in [3.63, 3.8) is 0 Å². The van der Waals surface area contributed by atoms with Gasteiger partial charge in [0.1, 0.15) is 0 Å². The Labute approximate surface area is 102 Å². The molecule has 0 bridgehead atoms. The van der Waals surface area contributed by atoms with E-state index in [1.807, 2.05) is 0 Å². The summed E-state index contributed by atoms with van der Waals surface area (Å²) < 4.78 is 0. The van der Waals surface area contributed by atoms with Crippen LogP contribution in [0.4, 0.5) is 0 Å². The highest BCUT2D eigenvalue weighted by Gasteiger charge is 2.12. The summed E-state index contributed by atoms with van der Waals surface area (Å²) in [4.78, 5) is 19.6. The highest BCUT2D eigenvalue weighted by Crippen LogP contribution is 2.23. The first-order valence-corrected chi connectivity index (χ1v) is 5.21. The van der Waals surface area contributed by atoms with Crippen molar-refractivity contribution < 1.29 is 4.79 Å². The molecule has 16 heavy (non-hydrogen) atoms. The molecule has 2 aromatic rings. The molecule has 0 atom stereocenters. The van der Waals surface area contributed by atoms with E-state index in [2.05, 4.69) is 9.97 Å². The average molecular weight is 253 g/mol. The van der Waals surface area contributed by atoms with Gasteiger partial charge in [0.05, 0.1) is 10.0 Å². The fourth-order valence-corrected chi connectivity index (χ4v) is 1.48. The number of carbonyl (C=O) groups excluding carboxylic acids is 1. The van der Waals surface area contributed by atoms with Gasteiger partial charge >= 0.3 is 0 Å². The van der Waals surface area contributed by atoms with Gasteiger partial charge in [0, 0.05) is 18.0 Å². The molecule has 0 spiro atoms. The van der Waals surface area contributed by atoms with E-state index in [4.69, 9.17) is 23.2 Å². The summed E-state index contributed by atoms with van der Waals surface area (Å²) in [6, 6.07) is 6.31. The second-order valence-corrected chi connectivity index (χ2v) is 3.84. The summed E-state index contributed by atoms with van der Waals surface area (Å²) in [7, 11) is 0. The molecule has 0 saturated heterocycles. The highest BCUT2D eigenvalue weighted by molar-refractivity contribution is 6.42. The fourth-order valence-electron chi connectivity index (χ4n) is 1.18. The van der Waals surface area contributed by atoms with Crippen molar-refractivity contribution in [1.82, 2.24) is 9.97 Å². The Morgan fingerprint density at radius 1 is 1.06 bits per heavy atom. The molecule has 0 amide bonds. The number of rotatable bonds is 2. The minimum Gasteiger partial charge on any atom is -0.285 e. The number of ketones is 1. The number of hydrogen-bond donors (Lipinski definition) is 0. The van der Waals surface area contributed by atoms with Crippen LogP contribution in [0.5, 0.6) is 0 Å². The number of benzene rings is 1. The Kier molecular flexibility index (Phi) is 3.17. The van der Waals surface area contributed by atoms with E-state index in [0.717, 1.165) is 0 Å². The van der Waals surface area contributed by atoms with Gasteiger partial charge in [-0.15, -0.1) is 0 Å². The van der Waals surface area contributed by atoms with Gasteiger partial charge in [0.2, 0.25) is 11.6 Å². The van der Waals surface area contributed by atoms with Crippen LogP contribution in [0.2, 0.25) is 10.0 Å². The summed E-state index contributed by atoms with van der Waals surface area (Å²) in [5, 5.41) is 0.746. The van der Waals surface area contributed by atoms with Crippen LogP contribution in [0.3, 0.4) is 0 Å². The number of hydrogen-bond acceptors (Lipinski definition) is 3. The van der Waals surface area contributed by atoms with Gasteiger partial charge in [-0.05, 0) is 24.3 Å². The Balaban J connectivity index is 2.39. The molecular weight excluding hydrogens is 247 g/mol. The van der Waals surface area contributed by atoms with Crippen molar-refractivity contribution in [2.24, 2.45) is 0 Å². The van der Waals surface area contributed by atoms with Gasteiger partial charge in [0.25, 0.3) is 0 Å². The van der Waals surface area contributed by atoms with Crippen LogP contribution in [0, 0.1) is 0 Å². The average Bonchev–Trinajstić information content (AvgIpc) is 2.33. The molecule has 2 rings (SSSR count). The topological polar surface area (TPSA) is 42.9 Å². The third-order valence-corrected chi connectivity index (χ3v) is 2.69. The molecule has 3 nitrogen and oxygen atoms in total. The van der Waals surface area contributed by atoms with Gasteiger partial charge < -0.3 is 0 Å². The third kappa shape index (κ3) is 2.21. The smallest absolute Gasteiger partial charge is 0.230 e. The van der Waals surface area contributed by atoms with Crippen LogP contribution in [-0.2, 0) is 0 Å². The zero-order chi connectivity index (χ0) is 11.5. The van der Waals surface area contributed by atoms with Gasteiger partial charge in [0.15, 0.2) is 0 Å². The molecule has 1 aromatic heterocycles. The van der Waals surface area contributed by atoms with Crippen LogP contribution in [0.15, 0.2) is 36.7 Å². The quantitative estimate of drug-likeness (QED) is 0.772. The van der Waals surface area contributed by atoms with Crippen LogP contribution < -0.4 is 0 Å². The van der Waals surface area contributed by atoms with Crippen molar-refractivity contribution in [1.29, 1.82) is 0 Å². The molecule has 0 N–H and O–H groups in total. The monoisotopic (exact) mass is 252 g/mol. The molecule has 80 valence electrons. The summed E-state index contributed by atoms with van der Waals surface area (Å²) in [6.07, 6.45) is 3.02. The van der Waals surface area contributed by atoms with Gasteiger partial charge in [-0.3, -0.25) is 4.79 Å². The van der Waals surface area contributed by atoms with E-state index in [1.165, 1.54) is 18.5 Å². The normalized spacial score (nSPS) is 10.1. The zero-order valence-electron chi connectivity index (χ0n) is 8.02. The van der Waals surface area contributed by atoms with Gasteiger partial charge in [-0.2, -0.15) is 0 Å². The van der Waals surface area contributed by atoms with E-state index in [0.29, 0.717) is 15.6 Å². The first-order valence-electron chi connectivity index (χ1n) is 4.45. The molecule has 0 unspecified atom stereocenters. The molecule has 0 fully saturated rings. The molecule has 1 aromatic carbocycles. The number of carbonyl (C=O) groups is 1. The lowest BCUT2D eigenvalue weighted by Gasteiger charge is -2.01. The predicted octanol–water partition coefficient (Wildman–Crippen LogP) is 3.01. The molecular formula is C11H6Cl2N2O. The molecule has 1 heterocycles. The van der Waals surface area contributed by atoms with Crippen LogP contribution in [-0.4, -0.2) is 15.8 Å². The Morgan fingerprint density at radius 3 is 2.38 bits per heavy atom. The van der Waals surface area contributed by atoms with Crippen molar-refractivity contribution >= 4 is 29.0 Å². The molecule has 0 radical (unpaired) electrons. The maximum atomic E-state index is 11.9. The van der Waals surface area contributed by atoms with E-state index in [9.17, 15) is 4.79 Å². The fraction of sp³-hybridized carbons (Fsp3) is 0. The highest BCUT2D eigenvalue weighted by atomic mass is 35.5. The van der Waals surface area contributed by atoms with Crippen LogP contribution in [0.1, 0.15) is 16.2 Å². The second-order valence-electron chi connectivity index (χ2n) is 3.03. The van der Waals surface area contributed by atoms with Crippen molar-refractivity contribution in [2.75, 3.05) is 0 Å². The molecule has 0 aliphatic heterocycles. The number of halogens is 2. The van der Waals surface area contributed by atoms with E-state index < -0.39 is 0 Å². The lowest BCUT2D eigenvalue weighted by atomic mass is 10.1. The molecule has 0 saturated carbocycles. The minimum atomic E-state index is -0.279. The summed E-state index contributed by atoms with van der Waals surface area (Å²) in [6.45, 7) is 0. The van der Waals surface area contributed by atoms with E-state index in [-0.39, 0.29) is 11.6 Å². The van der Waals surface area contributed by atoms with Crippen LogP contribution in [0.25, 0.3) is 0 Å². The minimum absolute atomic E-state index is 0.140. The Hall–Kier alpha value is -1.45. The third-order valence-electron chi connectivity index (χ3n) is 1.95.